The Morgan fingerprint density at radius 3 is 3.05 bits per heavy atom. The number of amides is 1. The van der Waals surface area contributed by atoms with Gasteiger partial charge in [-0.3, -0.25) is 9.69 Å². The van der Waals surface area contributed by atoms with E-state index in [1.54, 1.807) is 16.9 Å². The molecule has 1 fully saturated rings. The first-order valence-corrected chi connectivity index (χ1v) is 7.14. The summed E-state index contributed by atoms with van der Waals surface area (Å²) in [7, 11) is 0. The van der Waals surface area contributed by atoms with Crippen LogP contribution in [0.2, 0.25) is 0 Å². The number of nitrogens with zero attached hydrogens (tertiary/aromatic N) is 3. The molecule has 1 aromatic rings. The fourth-order valence-electron chi connectivity index (χ4n) is 2.56. The number of carbonyl (C=O) groups excluding carboxylic acids is 2. The zero-order chi connectivity index (χ0) is 14.5. The molecule has 1 aliphatic heterocycles. The molecule has 0 saturated carbocycles. The van der Waals surface area contributed by atoms with Gasteiger partial charge < -0.3 is 10.1 Å². The van der Waals surface area contributed by atoms with Crippen LogP contribution < -0.4 is 5.32 Å². The van der Waals surface area contributed by atoms with E-state index in [0.717, 1.165) is 32.1 Å². The molecule has 6 heteroatoms. The van der Waals surface area contributed by atoms with Gasteiger partial charge in [0.05, 0.1) is 18.8 Å². The van der Waals surface area contributed by atoms with E-state index in [-0.39, 0.29) is 24.5 Å². The third-order valence-electron chi connectivity index (χ3n) is 3.59. The Bertz CT molecular complexity index is 469. The van der Waals surface area contributed by atoms with Crippen LogP contribution in [0.4, 0.5) is 5.82 Å². The van der Waals surface area contributed by atoms with Crippen molar-refractivity contribution in [2.45, 2.75) is 45.2 Å². The van der Waals surface area contributed by atoms with Gasteiger partial charge in [0.15, 0.2) is 0 Å². The van der Waals surface area contributed by atoms with Crippen molar-refractivity contribution >= 4 is 18.0 Å². The molecule has 1 N–H and O–H groups in total. The molecule has 1 aromatic heterocycles. The fraction of sp³-hybridized carbons (Fsp3) is 0.643. The van der Waals surface area contributed by atoms with Gasteiger partial charge in [-0.25, -0.2) is 4.68 Å². The average molecular weight is 278 g/mol. The van der Waals surface area contributed by atoms with Gasteiger partial charge in [0, 0.05) is 12.1 Å². The minimum atomic E-state index is -0.121. The number of aldehydes is 1. The number of piperidine rings is 1. The minimum absolute atomic E-state index is 0.0962. The van der Waals surface area contributed by atoms with Gasteiger partial charge in [0.2, 0.25) is 5.91 Å². The Morgan fingerprint density at radius 1 is 1.55 bits per heavy atom. The number of carbonyl (C=O) groups is 2. The lowest BCUT2D eigenvalue weighted by molar-refractivity contribution is -0.120. The summed E-state index contributed by atoms with van der Waals surface area (Å²) in [6, 6.07) is 1.85. The highest BCUT2D eigenvalue weighted by Gasteiger charge is 2.24. The maximum atomic E-state index is 12.1. The minimum Gasteiger partial charge on any atom is -0.310 e. The maximum Gasteiger partial charge on any atom is 0.239 e. The van der Waals surface area contributed by atoms with Crippen molar-refractivity contribution in [2.24, 2.45) is 0 Å². The van der Waals surface area contributed by atoms with Gasteiger partial charge in [-0.15, -0.1) is 0 Å². The number of likely N-dealkylation sites (tertiary alicyclic amines) is 1. The molecule has 0 aromatic carbocycles. The lowest BCUT2D eigenvalue weighted by Crippen LogP contribution is -2.44. The van der Waals surface area contributed by atoms with Crippen molar-refractivity contribution in [1.82, 2.24) is 14.7 Å². The molecule has 0 bridgehead atoms. The summed E-state index contributed by atoms with van der Waals surface area (Å²) < 4.78 is 1.77. The van der Waals surface area contributed by atoms with Crippen molar-refractivity contribution in [3.63, 3.8) is 0 Å². The topological polar surface area (TPSA) is 67.2 Å². The van der Waals surface area contributed by atoms with Crippen molar-refractivity contribution < 1.29 is 9.59 Å². The average Bonchev–Trinajstić information content (AvgIpc) is 2.87. The van der Waals surface area contributed by atoms with Crippen LogP contribution in [0.5, 0.6) is 0 Å². The highest BCUT2D eigenvalue weighted by atomic mass is 16.2. The molecule has 1 amide bonds. The molecule has 110 valence electrons. The van der Waals surface area contributed by atoms with Crippen LogP contribution in [0.3, 0.4) is 0 Å². The molecule has 1 atom stereocenters. The van der Waals surface area contributed by atoms with E-state index in [2.05, 4.69) is 10.4 Å². The summed E-state index contributed by atoms with van der Waals surface area (Å²) in [5, 5.41) is 7.05. The zero-order valence-electron chi connectivity index (χ0n) is 12.1. The number of aromatic nitrogens is 2. The number of anilines is 1. The second-order valence-electron chi connectivity index (χ2n) is 5.47. The first kappa shape index (κ1) is 14.7. The monoisotopic (exact) mass is 278 g/mol. The summed E-state index contributed by atoms with van der Waals surface area (Å²) in [6.45, 7) is 5.08. The normalized spacial score (nSPS) is 20.1. The van der Waals surface area contributed by atoms with E-state index in [9.17, 15) is 9.59 Å². The molecule has 0 radical (unpaired) electrons. The van der Waals surface area contributed by atoms with Crippen LogP contribution in [-0.2, 0) is 9.59 Å². The van der Waals surface area contributed by atoms with Gasteiger partial charge in [0.25, 0.3) is 0 Å². The number of nitrogens with one attached hydrogen (secondary N) is 1. The van der Waals surface area contributed by atoms with Gasteiger partial charge in [-0.1, -0.05) is 6.42 Å². The van der Waals surface area contributed by atoms with Crippen molar-refractivity contribution in [1.29, 1.82) is 0 Å². The van der Waals surface area contributed by atoms with E-state index in [1.807, 2.05) is 18.7 Å². The number of hydrogen-bond donors (Lipinski definition) is 1. The van der Waals surface area contributed by atoms with E-state index in [4.69, 9.17) is 0 Å². The molecule has 20 heavy (non-hydrogen) atoms. The first-order chi connectivity index (χ1) is 9.61. The third kappa shape index (κ3) is 3.45. The molecule has 1 unspecified atom stereocenters. The van der Waals surface area contributed by atoms with Crippen molar-refractivity contribution in [2.75, 3.05) is 18.4 Å². The zero-order valence-corrected chi connectivity index (χ0v) is 12.1. The van der Waals surface area contributed by atoms with Crippen LogP contribution in [0, 0.1) is 0 Å². The maximum absolute atomic E-state index is 12.1. The SMILES string of the molecule is CC(C)n1nccc1NC(=O)CN1CCCCC1C=O. The standard InChI is InChI=1S/C14H22N4O2/c1-11(2)18-13(6-7-15-18)16-14(20)9-17-8-4-3-5-12(17)10-19/h6-7,10-12H,3-5,8-9H2,1-2H3,(H,16,20). The molecular weight excluding hydrogens is 256 g/mol. The predicted molar refractivity (Wildman–Crippen MR) is 76.5 cm³/mol. The molecule has 0 aliphatic carbocycles. The Balaban J connectivity index is 1.94. The first-order valence-electron chi connectivity index (χ1n) is 7.14. The Kier molecular flexibility index (Phi) is 4.89. The Labute approximate surface area is 119 Å². The number of hydrogen-bond acceptors (Lipinski definition) is 4. The lowest BCUT2D eigenvalue weighted by Gasteiger charge is -2.31. The highest BCUT2D eigenvalue weighted by Crippen LogP contribution is 2.16. The van der Waals surface area contributed by atoms with Crippen molar-refractivity contribution in [3.05, 3.63) is 12.3 Å². The summed E-state index contributed by atoms with van der Waals surface area (Å²) in [5.74, 6) is 0.603. The van der Waals surface area contributed by atoms with E-state index in [1.165, 1.54) is 0 Å². The van der Waals surface area contributed by atoms with Crippen LogP contribution in [-0.4, -0.2) is 46.0 Å². The molecule has 1 saturated heterocycles. The van der Waals surface area contributed by atoms with Gasteiger partial charge in [0.1, 0.15) is 12.1 Å². The van der Waals surface area contributed by atoms with Gasteiger partial charge in [-0.05, 0) is 33.2 Å². The predicted octanol–water partition coefficient (Wildman–Crippen LogP) is 1.46. The van der Waals surface area contributed by atoms with Gasteiger partial charge in [-0.2, -0.15) is 5.10 Å². The smallest absolute Gasteiger partial charge is 0.239 e. The second-order valence-corrected chi connectivity index (χ2v) is 5.47. The molecule has 2 rings (SSSR count). The van der Waals surface area contributed by atoms with E-state index in [0.29, 0.717) is 5.82 Å². The van der Waals surface area contributed by atoms with Crippen LogP contribution >= 0.6 is 0 Å². The second kappa shape index (κ2) is 6.65. The molecule has 6 nitrogen and oxygen atoms in total. The third-order valence-corrected chi connectivity index (χ3v) is 3.59. The molecular formula is C14H22N4O2. The summed E-state index contributed by atoms with van der Waals surface area (Å²) >= 11 is 0. The molecule has 1 aliphatic rings. The van der Waals surface area contributed by atoms with E-state index >= 15 is 0 Å². The van der Waals surface area contributed by atoms with E-state index < -0.39 is 0 Å². The number of rotatable bonds is 5. The molecule has 0 spiro atoms. The lowest BCUT2D eigenvalue weighted by atomic mass is 10.0. The van der Waals surface area contributed by atoms with Crippen molar-refractivity contribution in [3.8, 4) is 0 Å². The Morgan fingerprint density at radius 2 is 2.35 bits per heavy atom. The van der Waals surface area contributed by atoms with Crippen LogP contribution in [0.15, 0.2) is 12.3 Å². The summed E-state index contributed by atoms with van der Waals surface area (Å²) in [6.07, 6.45) is 5.57. The fourth-order valence-corrected chi connectivity index (χ4v) is 2.56. The van der Waals surface area contributed by atoms with Gasteiger partial charge >= 0.3 is 0 Å². The summed E-state index contributed by atoms with van der Waals surface area (Å²) in [4.78, 5) is 25.1. The van der Waals surface area contributed by atoms with Crippen LogP contribution in [0.25, 0.3) is 0 Å². The largest absolute Gasteiger partial charge is 0.310 e. The molecule has 2 heterocycles. The van der Waals surface area contributed by atoms with Crippen LogP contribution in [0.1, 0.15) is 39.2 Å². The Hall–Kier alpha value is -1.69. The summed E-state index contributed by atoms with van der Waals surface area (Å²) in [5.41, 5.74) is 0. The highest BCUT2D eigenvalue weighted by molar-refractivity contribution is 5.91. The quantitative estimate of drug-likeness (QED) is 0.828.